The van der Waals surface area contributed by atoms with E-state index in [1.165, 1.54) is 0 Å². The number of pyridine rings is 1. The summed E-state index contributed by atoms with van der Waals surface area (Å²) >= 11 is 0. The molecule has 0 aliphatic heterocycles. The molecular weight excluding hydrogens is 180 g/mol. The summed E-state index contributed by atoms with van der Waals surface area (Å²) in [5.74, 6) is 0.790. The minimum Gasteiger partial charge on any atom is -0.377 e. The number of hydrogen-bond acceptors (Lipinski definition) is 4. The van der Waals surface area contributed by atoms with Crippen molar-refractivity contribution in [2.24, 2.45) is 5.73 Å². The van der Waals surface area contributed by atoms with E-state index in [0.717, 1.165) is 17.0 Å². The van der Waals surface area contributed by atoms with E-state index in [2.05, 4.69) is 10.2 Å². The molecule has 0 bridgehead atoms. The van der Waals surface area contributed by atoms with Crippen molar-refractivity contribution in [1.29, 1.82) is 0 Å². The van der Waals surface area contributed by atoms with Crippen LogP contribution in [0, 0.1) is 0 Å². The first-order valence-corrected chi connectivity index (χ1v) is 4.36. The summed E-state index contributed by atoms with van der Waals surface area (Å²) in [5, 5.41) is 8.01. The van der Waals surface area contributed by atoms with Gasteiger partial charge >= 0.3 is 0 Å². The highest BCUT2D eigenvalue weighted by Crippen LogP contribution is 2.07. The number of rotatable bonds is 3. The highest BCUT2D eigenvalue weighted by Gasteiger charge is 2.04. The van der Waals surface area contributed by atoms with Gasteiger partial charge in [0.25, 0.3) is 0 Å². The first-order valence-electron chi connectivity index (χ1n) is 4.36. The maximum Gasteiger partial charge on any atom is 0.163 e. The van der Waals surface area contributed by atoms with Crippen LogP contribution in [0.4, 0.5) is 0 Å². The minimum absolute atomic E-state index is 0.454. The molecule has 0 aliphatic rings. The van der Waals surface area contributed by atoms with Crippen molar-refractivity contribution >= 4 is 5.65 Å². The van der Waals surface area contributed by atoms with Gasteiger partial charge in [-0.25, -0.2) is 0 Å². The summed E-state index contributed by atoms with van der Waals surface area (Å²) in [6, 6.07) is 3.84. The lowest BCUT2D eigenvalue weighted by Crippen LogP contribution is -2.01. The Morgan fingerprint density at radius 3 is 3.00 bits per heavy atom. The molecule has 0 radical (unpaired) electrons. The fourth-order valence-electron chi connectivity index (χ4n) is 1.33. The van der Waals surface area contributed by atoms with Gasteiger partial charge in [0.2, 0.25) is 0 Å². The molecule has 14 heavy (non-hydrogen) atoms. The van der Waals surface area contributed by atoms with E-state index < -0.39 is 0 Å². The molecule has 0 unspecified atom stereocenters. The van der Waals surface area contributed by atoms with Crippen molar-refractivity contribution in [2.45, 2.75) is 13.2 Å². The number of nitrogens with zero attached hydrogens (tertiary/aromatic N) is 3. The minimum atomic E-state index is 0.454. The summed E-state index contributed by atoms with van der Waals surface area (Å²) in [7, 11) is 1.63. The van der Waals surface area contributed by atoms with Crippen LogP contribution in [0.25, 0.3) is 5.65 Å². The number of aromatic nitrogens is 3. The summed E-state index contributed by atoms with van der Waals surface area (Å²) in [4.78, 5) is 0. The molecule has 0 saturated heterocycles. The number of ether oxygens (including phenoxy) is 1. The van der Waals surface area contributed by atoms with Gasteiger partial charge in [-0.05, 0) is 11.6 Å². The highest BCUT2D eigenvalue weighted by molar-refractivity contribution is 5.39. The molecule has 0 spiro atoms. The van der Waals surface area contributed by atoms with Crippen LogP contribution in [0.5, 0.6) is 0 Å². The quantitative estimate of drug-likeness (QED) is 0.761. The zero-order valence-electron chi connectivity index (χ0n) is 7.97. The van der Waals surface area contributed by atoms with Crippen molar-refractivity contribution < 1.29 is 4.74 Å². The van der Waals surface area contributed by atoms with Gasteiger partial charge in [-0.1, -0.05) is 6.07 Å². The zero-order valence-corrected chi connectivity index (χ0v) is 7.97. The lowest BCUT2D eigenvalue weighted by Gasteiger charge is -2.00. The van der Waals surface area contributed by atoms with Crippen molar-refractivity contribution in [3.63, 3.8) is 0 Å². The van der Waals surface area contributed by atoms with E-state index >= 15 is 0 Å². The van der Waals surface area contributed by atoms with Crippen molar-refractivity contribution in [3.8, 4) is 0 Å². The predicted octanol–water partition coefficient (Wildman–Crippen LogP) is 0.334. The van der Waals surface area contributed by atoms with Gasteiger partial charge in [-0.3, -0.25) is 4.40 Å². The molecule has 2 aromatic rings. The van der Waals surface area contributed by atoms with E-state index in [1.54, 1.807) is 7.11 Å². The average molecular weight is 192 g/mol. The Balaban J connectivity index is 2.52. The molecule has 0 aromatic carbocycles. The molecule has 5 heteroatoms. The van der Waals surface area contributed by atoms with Crippen LogP contribution < -0.4 is 5.73 Å². The van der Waals surface area contributed by atoms with E-state index in [1.807, 2.05) is 22.7 Å². The summed E-state index contributed by atoms with van der Waals surface area (Å²) < 4.78 is 6.91. The Bertz CT molecular complexity index is 437. The molecule has 0 fully saturated rings. The molecule has 2 N–H and O–H groups in total. The molecule has 2 rings (SSSR count). The molecule has 2 heterocycles. The van der Waals surface area contributed by atoms with E-state index in [0.29, 0.717) is 13.2 Å². The third kappa shape index (κ3) is 1.47. The van der Waals surface area contributed by atoms with Gasteiger partial charge in [0.15, 0.2) is 11.5 Å². The highest BCUT2D eigenvalue weighted by atomic mass is 16.5. The van der Waals surface area contributed by atoms with Crippen LogP contribution in [-0.4, -0.2) is 21.7 Å². The zero-order chi connectivity index (χ0) is 9.97. The van der Waals surface area contributed by atoms with Gasteiger partial charge in [0, 0.05) is 19.9 Å². The summed E-state index contributed by atoms with van der Waals surface area (Å²) in [6.07, 6.45) is 1.93. The Hall–Kier alpha value is -1.46. The van der Waals surface area contributed by atoms with Gasteiger partial charge in [0.05, 0.1) is 0 Å². The third-order valence-electron chi connectivity index (χ3n) is 2.04. The van der Waals surface area contributed by atoms with Crippen LogP contribution in [0.2, 0.25) is 0 Å². The number of nitrogens with two attached hydrogens (primary N) is 1. The van der Waals surface area contributed by atoms with Gasteiger partial charge in [-0.2, -0.15) is 0 Å². The molecule has 74 valence electrons. The van der Waals surface area contributed by atoms with Crippen LogP contribution in [0.1, 0.15) is 11.4 Å². The van der Waals surface area contributed by atoms with Crippen molar-refractivity contribution in [3.05, 3.63) is 29.7 Å². The van der Waals surface area contributed by atoms with Crippen LogP contribution in [0.15, 0.2) is 18.3 Å². The lowest BCUT2D eigenvalue weighted by molar-refractivity contribution is 0.177. The Morgan fingerprint density at radius 2 is 2.29 bits per heavy atom. The Labute approximate surface area is 81.5 Å². The summed E-state index contributed by atoms with van der Waals surface area (Å²) in [5.41, 5.74) is 7.41. The molecule has 0 saturated carbocycles. The molecule has 0 amide bonds. The number of hydrogen-bond donors (Lipinski definition) is 1. The largest absolute Gasteiger partial charge is 0.377 e. The van der Waals surface area contributed by atoms with E-state index in [4.69, 9.17) is 10.5 Å². The lowest BCUT2D eigenvalue weighted by atomic mass is 10.3. The molecule has 0 atom stereocenters. The van der Waals surface area contributed by atoms with Crippen molar-refractivity contribution in [1.82, 2.24) is 14.6 Å². The van der Waals surface area contributed by atoms with E-state index in [-0.39, 0.29) is 0 Å². The SMILES string of the molecule is COCc1nnc2ccc(CN)cn12. The Kier molecular flexibility index (Phi) is 2.43. The topological polar surface area (TPSA) is 65.4 Å². The fourth-order valence-corrected chi connectivity index (χ4v) is 1.33. The van der Waals surface area contributed by atoms with E-state index in [9.17, 15) is 0 Å². The first kappa shape index (κ1) is 9.11. The second-order valence-electron chi connectivity index (χ2n) is 3.02. The molecule has 0 aliphatic carbocycles. The van der Waals surface area contributed by atoms with Crippen LogP contribution >= 0.6 is 0 Å². The number of methoxy groups -OCH3 is 1. The monoisotopic (exact) mass is 192 g/mol. The molecule has 5 nitrogen and oxygen atoms in total. The second-order valence-corrected chi connectivity index (χ2v) is 3.02. The standard InChI is InChI=1S/C9H12N4O/c1-14-6-9-12-11-8-3-2-7(4-10)5-13(8)9/h2-3,5H,4,6,10H2,1H3. The average Bonchev–Trinajstić information content (AvgIpc) is 2.61. The van der Waals surface area contributed by atoms with Gasteiger partial charge in [-0.15, -0.1) is 10.2 Å². The third-order valence-corrected chi connectivity index (χ3v) is 2.04. The van der Waals surface area contributed by atoms with Gasteiger partial charge in [0.1, 0.15) is 6.61 Å². The normalized spacial score (nSPS) is 11.0. The van der Waals surface area contributed by atoms with Crippen LogP contribution in [0.3, 0.4) is 0 Å². The second kappa shape index (κ2) is 3.73. The first-order chi connectivity index (χ1) is 6.85. The molecule has 2 aromatic heterocycles. The maximum atomic E-state index is 5.55. The smallest absolute Gasteiger partial charge is 0.163 e. The predicted molar refractivity (Wildman–Crippen MR) is 51.6 cm³/mol. The molecular formula is C9H12N4O. The fraction of sp³-hybridized carbons (Fsp3) is 0.333. The maximum absolute atomic E-state index is 5.55. The Morgan fingerprint density at radius 1 is 1.43 bits per heavy atom. The van der Waals surface area contributed by atoms with Gasteiger partial charge < -0.3 is 10.5 Å². The van der Waals surface area contributed by atoms with Crippen LogP contribution in [-0.2, 0) is 17.9 Å². The summed E-state index contributed by atoms with van der Waals surface area (Å²) in [6.45, 7) is 0.968. The number of fused-ring (bicyclic) bond motifs is 1. The van der Waals surface area contributed by atoms with Crippen molar-refractivity contribution in [2.75, 3.05) is 7.11 Å².